The van der Waals surface area contributed by atoms with Crippen LogP contribution in [0.3, 0.4) is 0 Å². The van der Waals surface area contributed by atoms with Crippen LogP contribution in [-0.2, 0) is 14.0 Å². The predicted octanol–water partition coefficient (Wildman–Crippen LogP) is 6.46. The van der Waals surface area contributed by atoms with E-state index in [0.29, 0.717) is 12.0 Å². The zero-order valence-electron chi connectivity index (χ0n) is 20.7. The minimum atomic E-state index is -2.36. The van der Waals surface area contributed by atoms with Crippen LogP contribution in [0.2, 0.25) is 18.1 Å². The van der Waals surface area contributed by atoms with Crippen molar-refractivity contribution >= 4 is 20.2 Å². The summed E-state index contributed by atoms with van der Waals surface area (Å²) in [6.45, 7) is 23.5. The largest absolute Gasteiger partial charge is 0.444 e. The Bertz CT molecular complexity index is 624. The molecule has 2 atom stereocenters. The second-order valence-corrected chi connectivity index (χ2v) is 14.7. The first-order valence-corrected chi connectivity index (χ1v) is 13.4. The summed E-state index contributed by atoms with van der Waals surface area (Å²) < 4.78 is 12.2. The number of Topliss-reactive ketones (excluding diaryl/α,β-unsaturated/α-hetero) is 1. The Morgan fingerprint density at radius 2 is 1.59 bits per heavy atom. The summed E-state index contributed by atoms with van der Waals surface area (Å²) in [5, 5.41) is -0.114. The van der Waals surface area contributed by atoms with Crippen LogP contribution in [0, 0.1) is 0 Å². The number of ether oxygens (including phenoxy) is 1. The number of carbonyl (C=O) groups excluding carboxylic acids is 2. The molecular formula is C23H43NO4Si. The molecule has 0 aromatic rings. The molecule has 0 aromatic heterocycles. The highest BCUT2D eigenvalue weighted by atomic mass is 28.4. The number of nitrogens with zero attached hydrogens (tertiary/aromatic N) is 1. The number of hydrogen-bond acceptors (Lipinski definition) is 4. The van der Waals surface area contributed by atoms with Crippen molar-refractivity contribution in [3.8, 4) is 0 Å². The van der Waals surface area contributed by atoms with Crippen molar-refractivity contribution in [2.24, 2.45) is 0 Å². The number of hydrogen-bond donors (Lipinski definition) is 0. The lowest BCUT2D eigenvalue weighted by Gasteiger charge is -2.43. The van der Waals surface area contributed by atoms with Crippen LogP contribution in [-0.4, -0.2) is 43.0 Å². The van der Waals surface area contributed by atoms with Crippen molar-refractivity contribution in [2.75, 3.05) is 0 Å². The van der Waals surface area contributed by atoms with E-state index in [-0.39, 0.29) is 16.9 Å². The van der Waals surface area contributed by atoms with E-state index < -0.39 is 26.2 Å². The minimum Gasteiger partial charge on any atom is -0.444 e. The van der Waals surface area contributed by atoms with E-state index >= 15 is 0 Å². The first kappa shape index (κ1) is 27.6. The lowest BCUT2D eigenvalue weighted by Crippen LogP contribution is -2.57. The maximum atomic E-state index is 13.5. The first-order chi connectivity index (χ1) is 13.0. The van der Waals surface area contributed by atoms with Crippen LogP contribution in [0.4, 0.5) is 4.79 Å². The van der Waals surface area contributed by atoms with Crippen LogP contribution < -0.4 is 0 Å². The van der Waals surface area contributed by atoms with E-state index in [9.17, 15) is 9.59 Å². The van der Waals surface area contributed by atoms with E-state index in [2.05, 4.69) is 33.9 Å². The van der Waals surface area contributed by atoms with Crippen molar-refractivity contribution in [1.29, 1.82) is 0 Å². The summed E-state index contributed by atoms with van der Waals surface area (Å²) in [5.41, 5.74) is -0.0288. The zero-order valence-corrected chi connectivity index (χ0v) is 21.7. The molecule has 0 bridgehead atoms. The van der Waals surface area contributed by atoms with Crippen LogP contribution >= 0.6 is 0 Å². The van der Waals surface area contributed by atoms with E-state index in [0.717, 1.165) is 0 Å². The highest BCUT2D eigenvalue weighted by Crippen LogP contribution is 2.38. The fraction of sp³-hybridized carbons (Fsp3) is 0.739. The van der Waals surface area contributed by atoms with E-state index in [1.165, 1.54) is 4.90 Å². The Kier molecular flexibility index (Phi) is 10.1. The fourth-order valence-corrected chi connectivity index (χ4v) is 3.67. The topological polar surface area (TPSA) is 55.8 Å². The van der Waals surface area contributed by atoms with Gasteiger partial charge in [-0.15, -0.1) is 0 Å². The Hall–Kier alpha value is -1.40. The number of rotatable bonds is 8. The highest BCUT2D eigenvalue weighted by molar-refractivity contribution is 6.74. The van der Waals surface area contributed by atoms with E-state index in [4.69, 9.17) is 9.16 Å². The highest BCUT2D eigenvalue weighted by Gasteiger charge is 2.45. The van der Waals surface area contributed by atoms with Crippen molar-refractivity contribution in [1.82, 2.24) is 4.90 Å². The summed E-state index contributed by atoms with van der Waals surface area (Å²) >= 11 is 0. The molecule has 0 spiro atoms. The molecule has 0 aliphatic carbocycles. The molecule has 0 aliphatic heterocycles. The number of ketones is 1. The van der Waals surface area contributed by atoms with Gasteiger partial charge in [0.2, 0.25) is 5.78 Å². The normalized spacial score (nSPS) is 15.9. The minimum absolute atomic E-state index is 0.114. The van der Waals surface area contributed by atoms with Gasteiger partial charge in [0, 0.05) is 0 Å². The first-order valence-electron chi connectivity index (χ1n) is 10.5. The maximum absolute atomic E-state index is 13.5. The lowest BCUT2D eigenvalue weighted by molar-refractivity contribution is -0.132. The smallest absolute Gasteiger partial charge is 0.413 e. The summed E-state index contributed by atoms with van der Waals surface area (Å²) in [7, 11) is -2.36. The van der Waals surface area contributed by atoms with Crippen molar-refractivity contribution < 1.29 is 18.8 Å². The molecule has 29 heavy (non-hydrogen) atoms. The molecule has 168 valence electrons. The second kappa shape index (κ2) is 10.6. The molecule has 0 saturated carbocycles. The van der Waals surface area contributed by atoms with Crippen LogP contribution in [0.25, 0.3) is 0 Å². The average Bonchev–Trinajstić information content (AvgIpc) is 2.52. The molecule has 0 N–H and O–H groups in total. The number of carbonyl (C=O) groups is 2. The van der Waals surface area contributed by atoms with Gasteiger partial charge in [0.15, 0.2) is 14.5 Å². The Morgan fingerprint density at radius 3 is 1.93 bits per heavy atom. The molecule has 0 rings (SSSR count). The molecule has 1 unspecified atom stereocenters. The van der Waals surface area contributed by atoms with Crippen molar-refractivity contribution in [2.45, 2.75) is 112 Å². The fourth-order valence-electron chi connectivity index (χ4n) is 2.53. The van der Waals surface area contributed by atoms with Gasteiger partial charge in [-0.2, -0.15) is 0 Å². The van der Waals surface area contributed by atoms with Crippen molar-refractivity contribution in [3.05, 3.63) is 23.8 Å². The van der Waals surface area contributed by atoms with E-state index in [1.54, 1.807) is 6.08 Å². The Morgan fingerprint density at radius 1 is 1.07 bits per heavy atom. The van der Waals surface area contributed by atoms with Gasteiger partial charge in [-0.3, -0.25) is 9.69 Å². The molecule has 0 radical (unpaired) electrons. The molecule has 0 aromatic carbocycles. The van der Waals surface area contributed by atoms with Gasteiger partial charge in [-0.1, -0.05) is 45.9 Å². The van der Waals surface area contributed by atoms with E-state index in [1.807, 2.05) is 60.6 Å². The molecule has 6 heteroatoms. The lowest BCUT2D eigenvalue weighted by atomic mass is 10.1. The van der Waals surface area contributed by atoms with Crippen LogP contribution in [0.1, 0.15) is 75.7 Å². The van der Waals surface area contributed by atoms with Gasteiger partial charge in [0.1, 0.15) is 5.60 Å². The quantitative estimate of drug-likeness (QED) is 0.194. The van der Waals surface area contributed by atoms with Crippen LogP contribution in [0.15, 0.2) is 23.8 Å². The number of allylic oxidation sites excluding steroid dienone is 2. The van der Waals surface area contributed by atoms with Crippen LogP contribution in [0.5, 0.6) is 0 Å². The third-order valence-electron chi connectivity index (χ3n) is 5.25. The second-order valence-electron chi connectivity index (χ2n) is 9.92. The molecule has 0 fully saturated rings. The molecule has 5 nitrogen and oxygen atoms in total. The molecule has 1 amide bonds. The van der Waals surface area contributed by atoms with Gasteiger partial charge in [0.25, 0.3) is 0 Å². The summed E-state index contributed by atoms with van der Waals surface area (Å²) in [4.78, 5) is 28.1. The summed E-state index contributed by atoms with van der Waals surface area (Å²) in [6, 6.07) is -0.358. The summed E-state index contributed by atoms with van der Waals surface area (Å²) in [6.07, 6.45) is 4.55. The van der Waals surface area contributed by atoms with Crippen molar-refractivity contribution in [3.63, 3.8) is 0 Å². The summed E-state index contributed by atoms with van der Waals surface area (Å²) in [5.74, 6) is -0.179. The molecular weight excluding hydrogens is 382 g/mol. The third-order valence-corrected chi connectivity index (χ3v) is 9.67. The monoisotopic (exact) mass is 425 g/mol. The SMILES string of the molecule is CC=CC(C)N(C(=O)OC(C)(C)C)[C@@H](O[Si](C)(C)C(C)(C)C)C(=O)C(=CC)CC. The predicted molar refractivity (Wildman–Crippen MR) is 123 cm³/mol. The Balaban J connectivity index is 6.47. The van der Waals surface area contributed by atoms with Gasteiger partial charge >= 0.3 is 6.09 Å². The third kappa shape index (κ3) is 8.09. The molecule has 0 saturated heterocycles. The van der Waals surface area contributed by atoms with Gasteiger partial charge in [-0.25, -0.2) is 4.79 Å². The maximum Gasteiger partial charge on any atom is 0.413 e. The zero-order chi connectivity index (χ0) is 23.2. The Labute approximate surface area is 179 Å². The average molecular weight is 426 g/mol. The standard InChI is InChI=1S/C23H43NO4Si/c1-13-16-17(4)24(21(26)27-22(5,6)7)20(19(25)18(14-2)15-3)28-29(11,12)23(8,9)10/h13-14,16-17,20H,15H2,1-12H3/t17?,20-/m0/s1. The van der Waals surface area contributed by atoms with Gasteiger partial charge < -0.3 is 9.16 Å². The number of amides is 1. The van der Waals surface area contributed by atoms with Gasteiger partial charge in [-0.05, 0) is 71.7 Å². The van der Waals surface area contributed by atoms with Gasteiger partial charge in [0.05, 0.1) is 6.04 Å². The molecule has 0 heterocycles. The molecule has 0 aliphatic rings.